The van der Waals surface area contributed by atoms with Crippen LogP contribution in [0.1, 0.15) is 50.8 Å². The Bertz CT molecular complexity index is 468. The summed E-state index contributed by atoms with van der Waals surface area (Å²) < 4.78 is 0. The van der Waals surface area contributed by atoms with E-state index < -0.39 is 0 Å². The minimum absolute atomic E-state index is 0.0688. The third-order valence-corrected chi connectivity index (χ3v) is 3.95. The molecule has 1 aliphatic rings. The lowest BCUT2D eigenvalue weighted by atomic mass is 9.94. The van der Waals surface area contributed by atoms with Crippen molar-refractivity contribution in [3.8, 4) is 0 Å². The van der Waals surface area contributed by atoms with Crippen molar-refractivity contribution >= 4 is 11.6 Å². The Labute approximate surface area is 115 Å². The van der Waals surface area contributed by atoms with E-state index in [0.29, 0.717) is 12.3 Å². The number of carbonyl (C=O) groups is 1. The second-order valence-corrected chi connectivity index (χ2v) is 5.65. The zero-order valence-corrected chi connectivity index (χ0v) is 12.1. The van der Waals surface area contributed by atoms with E-state index in [2.05, 4.69) is 32.0 Å². The Hall–Kier alpha value is -1.35. The number of hydrogen-bond acceptors (Lipinski definition) is 2. The van der Waals surface area contributed by atoms with E-state index in [1.807, 2.05) is 11.8 Å². The minimum atomic E-state index is 0.0688. The number of hydrogen-bond donors (Lipinski definition) is 1. The lowest BCUT2D eigenvalue weighted by Crippen LogP contribution is -2.29. The fraction of sp³-hybridized carbons (Fsp3) is 0.562. The standard InChI is InChI=1S/C16H24N2O/c1-4-18-14-9-8-13(16(17)11(2)3)10-12(14)6-5-7-15(18)19/h8-11,16H,4-7,17H2,1-3H3. The summed E-state index contributed by atoms with van der Waals surface area (Å²) in [6.45, 7) is 7.04. The van der Waals surface area contributed by atoms with E-state index in [4.69, 9.17) is 5.73 Å². The molecule has 0 bridgehead atoms. The van der Waals surface area contributed by atoms with E-state index in [1.165, 1.54) is 11.1 Å². The molecule has 0 spiro atoms. The van der Waals surface area contributed by atoms with Gasteiger partial charge in [0.1, 0.15) is 0 Å². The lowest BCUT2D eigenvalue weighted by molar-refractivity contribution is -0.118. The predicted molar refractivity (Wildman–Crippen MR) is 79.2 cm³/mol. The molecule has 0 radical (unpaired) electrons. The van der Waals surface area contributed by atoms with E-state index in [0.717, 1.165) is 25.1 Å². The van der Waals surface area contributed by atoms with E-state index in [9.17, 15) is 4.79 Å². The first-order valence-electron chi connectivity index (χ1n) is 7.23. The van der Waals surface area contributed by atoms with Gasteiger partial charge in [0.05, 0.1) is 0 Å². The molecule has 0 aliphatic carbocycles. The SMILES string of the molecule is CCN1C(=O)CCCc2cc(C(N)C(C)C)ccc21. The summed E-state index contributed by atoms with van der Waals surface area (Å²) in [7, 11) is 0. The molecule has 104 valence electrons. The van der Waals surface area contributed by atoms with Crippen LogP contribution in [0.3, 0.4) is 0 Å². The molecule has 2 rings (SSSR count). The van der Waals surface area contributed by atoms with Crippen LogP contribution in [0.2, 0.25) is 0 Å². The second kappa shape index (κ2) is 5.74. The minimum Gasteiger partial charge on any atom is -0.324 e. The molecule has 0 fully saturated rings. The fourth-order valence-corrected chi connectivity index (χ4v) is 2.71. The van der Waals surface area contributed by atoms with Crippen LogP contribution in [-0.4, -0.2) is 12.5 Å². The van der Waals surface area contributed by atoms with Gasteiger partial charge in [-0.2, -0.15) is 0 Å². The molecule has 0 saturated heterocycles. The Balaban J connectivity index is 2.39. The number of amides is 1. The van der Waals surface area contributed by atoms with E-state index in [-0.39, 0.29) is 11.9 Å². The molecule has 3 nitrogen and oxygen atoms in total. The number of carbonyl (C=O) groups excluding carboxylic acids is 1. The van der Waals surface area contributed by atoms with Gasteiger partial charge in [-0.15, -0.1) is 0 Å². The molecule has 19 heavy (non-hydrogen) atoms. The van der Waals surface area contributed by atoms with Gasteiger partial charge in [0, 0.05) is 24.7 Å². The third kappa shape index (κ3) is 2.81. The highest BCUT2D eigenvalue weighted by atomic mass is 16.2. The quantitative estimate of drug-likeness (QED) is 0.908. The van der Waals surface area contributed by atoms with Crippen molar-refractivity contribution in [2.45, 2.75) is 46.1 Å². The van der Waals surface area contributed by atoms with Crippen molar-refractivity contribution in [1.82, 2.24) is 0 Å². The van der Waals surface area contributed by atoms with Crippen molar-refractivity contribution < 1.29 is 4.79 Å². The van der Waals surface area contributed by atoms with Crippen molar-refractivity contribution in [3.05, 3.63) is 29.3 Å². The number of anilines is 1. The number of fused-ring (bicyclic) bond motifs is 1. The lowest BCUT2D eigenvalue weighted by Gasteiger charge is -2.23. The maximum atomic E-state index is 12.0. The first-order valence-corrected chi connectivity index (χ1v) is 7.23. The molecular weight excluding hydrogens is 236 g/mol. The number of benzene rings is 1. The Morgan fingerprint density at radius 3 is 2.68 bits per heavy atom. The summed E-state index contributed by atoms with van der Waals surface area (Å²) >= 11 is 0. The van der Waals surface area contributed by atoms with E-state index >= 15 is 0 Å². The van der Waals surface area contributed by atoms with Gasteiger partial charge in [0.15, 0.2) is 0 Å². The second-order valence-electron chi connectivity index (χ2n) is 5.65. The third-order valence-electron chi connectivity index (χ3n) is 3.95. The maximum absolute atomic E-state index is 12.0. The van der Waals surface area contributed by atoms with Gasteiger partial charge in [0.25, 0.3) is 0 Å². The average Bonchev–Trinajstić information content (AvgIpc) is 2.54. The van der Waals surface area contributed by atoms with Crippen LogP contribution in [-0.2, 0) is 11.2 Å². The summed E-state index contributed by atoms with van der Waals surface area (Å²) in [5.41, 5.74) is 9.74. The van der Waals surface area contributed by atoms with Gasteiger partial charge >= 0.3 is 0 Å². The molecular formula is C16H24N2O. The monoisotopic (exact) mass is 260 g/mol. The number of rotatable bonds is 3. The zero-order chi connectivity index (χ0) is 14.0. The summed E-state index contributed by atoms with van der Waals surface area (Å²) in [5, 5.41) is 0. The van der Waals surface area contributed by atoms with Gasteiger partial charge in [-0.3, -0.25) is 4.79 Å². The highest BCUT2D eigenvalue weighted by molar-refractivity contribution is 5.94. The number of nitrogens with two attached hydrogens (primary N) is 1. The molecule has 1 amide bonds. The average molecular weight is 260 g/mol. The van der Waals surface area contributed by atoms with E-state index in [1.54, 1.807) is 0 Å². The van der Waals surface area contributed by atoms with Crippen LogP contribution in [0, 0.1) is 5.92 Å². The predicted octanol–water partition coefficient (Wildman–Crippen LogP) is 3.03. The molecule has 3 heteroatoms. The molecule has 2 N–H and O–H groups in total. The van der Waals surface area contributed by atoms with Crippen LogP contribution < -0.4 is 10.6 Å². The summed E-state index contributed by atoms with van der Waals surface area (Å²) in [6.07, 6.45) is 2.55. The summed E-state index contributed by atoms with van der Waals surface area (Å²) in [6, 6.07) is 6.41. The molecule has 1 aromatic carbocycles. The van der Waals surface area contributed by atoms with Crippen LogP contribution in [0.5, 0.6) is 0 Å². The molecule has 0 saturated carbocycles. The van der Waals surface area contributed by atoms with Gasteiger partial charge in [-0.1, -0.05) is 26.0 Å². The number of nitrogens with zero attached hydrogens (tertiary/aromatic N) is 1. The normalized spacial score (nSPS) is 17.3. The van der Waals surface area contributed by atoms with Gasteiger partial charge in [0.2, 0.25) is 5.91 Å². The van der Waals surface area contributed by atoms with Gasteiger partial charge in [-0.25, -0.2) is 0 Å². The van der Waals surface area contributed by atoms with Gasteiger partial charge < -0.3 is 10.6 Å². The molecule has 1 aromatic rings. The van der Waals surface area contributed by atoms with Gasteiger partial charge in [-0.05, 0) is 42.9 Å². The Kier molecular flexibility index (Phi) is 4.25. The van der Waals surface area contributed by atoms with Crippen molar-refractivity contribution in [1.29, 1.82) is 0 Å². The van der Waals surface area contributed by atoms with Crippen molar-refractivity contribution in [2.24, 2.45) is 11.7 Å². The zero-order valence-electron chi connectivity index (χ0n) is 12.1. The summed E-state index contributed by atoms with van der Waals surface area (Å²) in [5.74, 6) is 0.662. The first kappa shape index (κ1) is 14.1. The molecule has 1 unspecified atom stereocenters. The maximum Gasteiger partial charge on any atom is 0.226 e. The number of aryl methyl sites for hydroxylation is 1. The van der Waals surface area contributed by atoms with Crippen LogP contribution in [0.15, 0.2) is 18.2 Å². The first-order chi connectivity index (χ1) is 9.04. The van der Waals surface area contributed by atoms with Crippen LogP contribution >= 0.6 is 0 Å². The van der Waals surface area contributed by atoms with Crippen LogP contribution in [0.25, 0.3) is 0 Å². The molecule has 1 heterocycles. The molecule has 1 atom stereocenters. The molecule has 0 aromatic heterocycles. The topological polar surface area (TPSA) is 46.3 Å². The Morgan fingerprint density at radius 1 is 1.32 bits per heavy atom. The van der Waals surface area contributed by atoms with Crippen molar-refractivity contribution in [3.63, 3.8) is 0 Å². The molecule has 1 aliphatic heterocycles. The smallest absolute Gasteiger partial charge is 0.226 e. The fourth-order valence-electron chi connectivity index (χ4n) is 2.71. The highest BCUT2D eigenvalue weighted by Crippen LogP contribution is 2.30. The summed E-state index contributed by atoms with van der Waals surface area (Å²) in [4.78, 5) is 13.9. The van der Waals surface area contributed by atoms with Crippen LogP contribution in [0.4, 0.5) is 5.69 Å². The van der Waals surface area contributed by atoms with Crippen molar-refractivity contribution in [2.75, 3.05) is 11.4 Å². The highest BCUT2D eigenvalue weighted by Gasteiger charge is 2.22. The largest absolute Gasteiger partial charge is 0.324 e. The Morgan fingerprint density at radius 2 is 2.05 bits per heavy atom.